The summed E-state index contributed by atoms with van der Waals surface area (Å²) in [5.74, 6) is -0.491. The minimum atomic E-state index is -0.404. The third-order valence-electron chi connectivity index (χ3n) is 5.37. The Morgan fingerprint density at radius 1 is 0.968 bits per heavy atom. The van der Waals surface area contributed by atoms with E-state index in [4.69, 9.17) is 5.73 Å². The molecule has 0 bridgehead atoms. The summed E-state index contributed by atoms with van der Waals surface area (Å²) in [6, 6.07) is 20.6. The molecule has 0 fully saturated rings. The van der Waals surface area contributed by atoms with Gasteiger partial charge in [0.15, 0.2) is 0 Å². The largest absolute Gasteiger partial charge is 0.370 e. The zero-order chi connectivity index (χ0) is 22.5. The number of carbonyl (C=O) groups is 2. The molecule has 0 aromatic heterocycles. The molecular formula is C26H31N3O2. The van der Waals surface area contributed by atoms with Crippen LogP contribution in [-0.2, 0) is 11.3 Å². The van der Waals surface area contributed by atoms with E-state index in [1.54, 1.807) is 4.90 Å². The SMILES string of the molecule is CC(C)N(CCC(N)=O)C(=O)c1ccc2c(-c3ccc(CN(C)C)cc3)cccc2c1. The lowest BCUT2D eigenvalue weighted by atomic mass is 9.96. The molecular weight excluding hydrogens is 386 g/mol. The molecule has 0 saturated carbocycles. The molecule has 0 atom stereocenters. The van der Waals surface area contributed by atoms with Crippen LogP contribution in [0, 0.1) is 0 Å². The van der Waals surface area contributed by atoms with Gasteiger partial charge < -0.3 is 15.5 Å². The van der Waals surface area contributed by atoms with Crippen LogP contribution in [0.4, 0.5) is 0 Å². The number of fused-ring (bicyclic) bond motifs is 1. The summed E-state index contributed by atoms with van der Waals surface area (Å²) >= 11 is 0. The highest BCUT2D eigenvalue weighted by atomic mass is 16.2. The Labute approximate surface area is 184 Å². The Hall–Kier alpha value is -3.18. The Kier molecular flexibility index (Phi) is 7.08. The fraction of sp³-hybridized carbons (Fsp3) is 0.308. The molecule has 5 nitrogen and oxygen atoms in total. The van der Waals surface area contributed by atoms with E-state index in [-0.39, 0.29) is 18.4 Å². The van der Waals surface area contributed by atoms with Crippen molar-refractivity contribution in [1.29, 1.82) is 0 Å². The average Bonchev–Trinajstić information content (AvgIpc) is 2.72. The molecule has 0 spiro atoms. The van der Waals surface area contributed by atoms with Crippen LogP contribution >= 0.6 is 0 Å². The third-order valence-corrected chi connectivity index (χ3v) is 5.37. The summed E-state index contributed by atoms with van der Waals surface area (Å²) in [5.41, 5.74) is 9.46. The Bertz CT molecular complexity index is 1070. The molecule has 3 aromatic rings. The minimum absolute atomic E-state index is 0.0189. The van der Waals surface area contributed by atoms with Crippen molar-refractivity contribution in [2.75, 3.05) is 20.6 Å². The molecule has 0 aliphatic carbocycles. The van der Waals surface area contributed by atoms with Gasteiger partial charge in [-0.2, -0.15) is 0 Å². The van der Waals surface area contributed by atoms with Crippen LogP contribution in [0.3, 0.4) is 0 Å². The first kappa shape index (κ1) is 22.5. The molecule has 2 N–H and O–H groups in total. The van der Waals surface area contributed by atoms with Crippen LogP contribution in [0.2, 0.25) is 0 Å². The second-order valence-electron chi connectivity index (χ2n) is 8.48. The topological polar surface area (TPSA) is 66.6 Å². The normalized spacial score (nSPS) is 11.3. The third kappa shape index (κ3) is 5.50. The lowest BCUT2D eigenvalue weighted by Gasteiger charge is -2.26. The maximum absolute atomic E-state index is 13.1. The van der Waals surface area contributed by atoms with E-state index in [1.807, 2.05) is 44.2 Å². The molecule has 0 aliphatic heterocycles. The molecule has 0 radical (unpaired) electrons. The number of primary amides is 1. The number of amides is 2. The zero-order valence-electron chi connectivity index (χ0n) is 18.8. The average molecular weight is 418 g/mol. The molecule has 0 unspecified atom stereocenters. The van der Waals surface area contributed by atoms with Crippen molar-refractivity contribution >= 4 is 22.6 Å². The van der Waals surface area contributed by atoms with E-state index < -0.39 is 5.91 Å². The number of nitrogens with zero attached hydrogens (tertiary/aromatic N) is 2. The smallest absolute Gasteiger partial charge is 0.254 e. The van der Waals surface area contributed by atoms with Crippen molar-refractivity contribution in [2.24, 2.45) is 5.73 Å². The van der Waals surface area contributed by atoms with Gasteiger partial charge in [-0.25, -0.2) is 0 Å². The molecule has 3 rings (SSSR count). The molecule has 2 amide bonds. The van der Waals surface area contributed by atoms with Gasteiger partial charge in [0.05, 0.1) is 0 Å². The molecule has 0 heterocycles. The highest BCUT2D eigenvalue weighted by Crippen LogP contribution is 2.30. The molecule has 0 saturated heterocycles. The van der Waals surface area contributed by atoms with E-state index in [9.17, 15) is 9.59 Å². The zero-order valence-corrected chi connectivity index (χ0v) is 18.8. The van der Waals surface area contributed by atoms with Gasteiger partial charge >= 0.3 is 0 Å². The van der Waals surface area contributed by atoms with Gasteiger partial charge in [0.25, 0.3) is 5.91 Å². The Morgan fingerprint density at radius 3 is 2.29 bits per heavy atom. The first-order valence-corrected chi connectivity index (χ1v) is 10.6. The highest BCUT2D eigenvalue weighted by Gasteiger charge is 2.20. The number of hydrogen-bond acceptors (Lipinski definition) is 3. The van der Waals surface area contributed by atoms with Gasteiger partial charge in [-0.3, -0.25) is 9.59 Å². The van der Waals surface area contributed by atoms with Crippen LogP contribution in [0.1, 0.15) is 36.2 Å². The number of nitrogens with two attached hydrogens (primary N) is 1. The van der Waals surface area contributed by atoms with Gasteiger partial charge in [0.1, 0.15) is 0 Å². The van der Waals surface area contributed by atoms with Gasteiger partial charge in [-0.05, 0) is 67.5 Å². The quantitative estimate of drug-likeness (QED) is 0.594. The first-order valence-electron chi connectivity index (χ1n) is 10.6. The lowest BCUT2D eigenvalue weighted by molar-refractivity contribution is -0.118. The van der Waals surface area contributed by atoms with Crippen LogP contribution in [-0.4, -0.2) is 48.3 Å². The number of carbonyl (C=O) groups excluding carboxylic acids is 2. The van der Waals surface area contributed by atoms with E-state index in [0.717, 1.165) is 28.4 Å². The van der Waals surface area contributed by atoms with Gasteiger partial charge in [-0.15, -0.1) is 0 Å². The van der Waals surface area contributed by atoms with Gasteiger partial charge in [-0.1, -0.05) is 48.5 Å². The van der Waals surface area contributed by atoms with Crippen LogP contribution in [0.5, 0.6) is 0 Å². The fourth-order valence-electron chi connectivity index (χ4n) is 3.81. The fourth-order valence-corrected chi connectivity index (χ4v) is 3.81. The summed E-state index contributed by atoms with van der Waals surface area (Å²) in [4.78, 5) is 28.1. The molecule has 162 valence electrons. The minimum Gasteiger partial charge on any atom is -0.370 e. The number of rotatable bonds is 8. The molecule has 3 aromatic carbocycles. The van der Waals surface area contributed by atoms with Crippen molar-refractivity contribution in [3.05, 3.63) is 71.8 Å². The number of hydrogen-bond donors (Lipinski definition) is 1. The summed E-state index contributed by atoms with van der Waals surface area (Å²) in [6.07, 6.45) is 0.158. The van der Waals surface area contributed by atoms with Crippen molar-refractivity contribution in [3.63, 3.8) is 0 Å². The van der Waals surface area contributed by atoms with Crippen LogP contribution in [0.15, 0.2) is 60.7 Å². The predicted molar refractivity (Wildman–Crippen MR) is 127 cm³/mol. The van der Waals surface area contributed by atoms with Gasteiger partial charge in [0.2, 0.25) is 5.91 Å². The van der Waals surface area contributed by atoms with E-state index in [2.05, 4.69) is 49.3 Å². The molecule has 5 heteroatoms. The predicted octanol–water partition coefficient (Wildman–Crippen LogP) is 4.29. The lowest BCUT2D eigenvalue weighted by Crippen LogP contribution is -2.39. The van der Waals surface area contributed by atoms with Crippen molar-refractivity contribution in [1.82, 2.24) is 9.80 Å². The summed E-state index contributed by atoms with van der Waals surface area (Å²) in [5, 5.41) is 2.12. The maximum Gasteiger partial charge on any atom is 0.254 e. The highest BCUT2D eigenvalue weighted by molar-refractivity contribution is 6.02. The van der Waals surface area contributed by atoms with E-state index in [0.29, 0.717) is 12.1 Å². The molecule has 0 aliphatic rings. The summed E-state index contributed by atoms with van der Waals surface area (Å²) < 4.78 is 0. The standard InChI is InChI=1S/C26H31N3O2/c1-18(2)29(15-14-25(27)30)26(31)22-12-13-24-21(16-22)6-5-7-23(24)20-10-8-19(9-11-20)17-28(3)4/h5-13,16,18H,14-15,17H2,1-4H3,(H2,27,30). The molecule has 31 heavy (non-hydrogen) atoms. The van der Waals surface area contributed by atoms with Crippen LogP contribution < -0.4 is 5.73 Å². The van der Waals surface area contributed by atoms with Crippen molar-refractivity contribution in [3.8, 4) is 11.1 Å². The summed E-state index contributed by atoms with van der Waals surface area (Å²) in [7, 11) is 4.12. The van der Waals surface area contributed by atoms with Crippen LogP contribution in [0.25, 0.3) is 21.9 Å². The maximum atomic E-state index is 13.1. The number of benzene rings is 3. The summed E-state index contributed by atoms with van der Waals surface area (Å²) in [6.45, 7) is 5.11. The van der Waals surface area contributed by atoms with Crippen molar-refractivity contribution in [2.45, 2.75) is 32.9 Å². The second-order valence-corrected chi connectivity index (χ2v) is 8.48. The van der Waals surface area contributed by atoms with Gasteiger partial charge in [0, 0.05) is 31.1 Å². The monoisotopic (exact) mass is 417 g/mol. The second kappa shape index (κ2) is 9.75. The Balaban J connectivity index is 1.92. The van der Waals surface area contributed by atoms with E-state index in [1.165, 1.54) is 5.56 Å². The van der Waals surface area contributed by atoms with Crippen molar-refractivity contribution < 1.29 is 9.59 Å². The Morgan fingerprint density at radius 2 is 1.68 bits per heavy atom. The first-order chi connectivity index (χ1) is 14.8. The van der Waals surface area contributed by atoms with E-state index >= 15 is 0 Å².